The van der Waals surface area contributed by atoms with Gasteiger partial charge in [-0.2, -0.15) is 0 Å². The van der Waals surface area contributed by atoms with E-state index in [0.29, 0.717) is 6.07 Å². The molecule has 1 aromatic rings. The standard InChI is InChI=1S/C9H8FNO4/c10-7-5-9(13)8(11(14)15)4-6(7)2-1-3-12/h1-2,4-5,12-13H,3H2. The highest BCUT2D eigenvalue weighted by Gasteiger charge is 2.16. The molecule has 0 radical (unpaired) electrons. The van der Waals surface area contributed by atoms with Crippen molar-refractivity contribution in [3.63, 3.8) is 0 Å². The fourth-order valence-electron chi connectivity index (χ4n) is 1.02. The van der Waals surface area contributed by atoms with Crippen LogP contribution in [0.15, 0.2) is 18.2 Å². The molecule has 0 atom stereocenters. The zero-order chi connectivity index (χ0) is 11.4. The van der Waals surface area contributed by atoms with Crippen LogP contribution in [0.5, 0.6) is 5.75 Å². The van der Waals surface area contributed by atoms with Crippen molar-refractivity contribution >= 4 is 11.8 Å². The summed E-state index contributed by atoms with van der Waals surface area (Å²) in [5, 5.41) is 27.9. The number of nitrogens with zero attached hydrogens (tertiary/aromatic N) is 1. The summed E-state index contributed by atoms with van der Waals surface area (Å²) in [7, 11) is 0. The van der Waals surface area contributed by atoms with Crippen LogP contribution in [0.4, 0.5) is 10.1 Å². The van der Waals surface area contributed by atoms with Gasteiger partial charge < -0.3 is 10.2 Å². The van der Waals surface area contributed by atoms with E-state index in [1.807, 2.05) is 0 Å². The van der Waals surface area contributed by atoms with Crippen molar-refractivity contribution in [3.8, 4) is 5.75 Å². The van der Waals surface area contributed by atoms with Crippen LogP contribution in [0.3, 0.4) is 0 Å². The highest BCUT2D eigenvalue weighted by Crippen LogP contribution is 2.29. The molecule has 6 heteroatoms. The first-order valence-electron chi connectivity index (χ1n) is 4.00. The van der Waals surface area contributed by atoms with Gasteiger partial charge in [-0.25, -0.2) is 4.39 Å². The summed E-state index contributed by atoms with van der Waals surface area (Å²) in [4.78, 5) is 9.59. The van der Waals surface area contributed by atoms with Gasteiger partial charge in [-0.15, -0.1) is 0 Å². The van der Waals surface area contributed by atoms with E-state index >= 15 is 0 Å². The fraction of sp³-hybridized carbons (Fsp3) is 0.111. The molecule has 0 bridgehead atoms. The number of aromatic hydroxyl groups is 1. The molecule has 0 fully saturated rings. The van der Waals surface area contributed by atoms with E-state index in [-0.39, 0.29) is 12.2 Å². The van der Waals surface area contributed by atoms with Gasteiger partial charge in [0.1, 0.15) is 5.82 Å². The number of benzene rings is 1. The Kier molecular flexibility index (Phi) is 3.35. The van der Waals surface area contributed by atoms with Crippen molar-refractivity contribution in [3.05, 3.63) is 39.7 Å². The lowest BCUT2D eigenvalue weighted by Crippen LogP contribution is -1.92. The Balaban J connectivity index is 3.23. The van der Waals surface area contributed by atoms with Gasteiger partial charge in [0.05, 0.1) is 11.5 Å². The SMILES string of the molecule is O=[N+]([O-])c1cc(C=CCO)c(F)cc1O. The van der Waals surface area contributed by atoms with E-state index in [1.54, 1.807) is 0 Å². The highest BCUT2D eigenvalue weighted by atomic mass is 19.1. The summed E-state index contributed by atoms with van der Waals surface area (Å²) in [5.41, 5.74) is -0.637. The Morgan fingerprint density at radius 2 is 2.20 bits per heavy atom. The van der Waals surface area contributed by atoms with Crippen LogP contribution in [0.25, 0.3) is 6.08 Å². The minimum absolute atomic E-state index is 0.0615. The van der Waals surface area contributed by atoms with Crippen LogP contribution >= 0.6 is 0 Å². The van der Waals surface area contributed by atoms with Crippen LogP contribution in [0.2, 0.25) is 0 Å². The average molecular weight is 213 g/mol. The number of halogens is 1. The molecule has 0 amide bonds. The molecule has 15 heavy (non-hydrogen) atoms. The number of phenolic OH excluding ortho intramolecular Hbond substituents is 1. The Hall–Kier alpha value is -1.95. The molecule has 0 aliphatic carbocycles. The minimum Gasteiger partial charge on any atom is -0.502 e. The second-order valence-corrected chi connectivity index (χ2v) is 2.70. The predicted octanol–water partition coefficient (Wildman–Crippen LogP) is 1.44. The van der Waals surface area contributed by atoms with Gasteiger partial charge in [-0.1, -0.05) is 12.2 Å². The molecule has 2 N–H and O–H groups in total. The number of nitro groups is 1. The number of aliphatic hydroxyl groups is 1. The highest BCUT2D eigenvalue weighted by molar-refractivity contribution is 5.59. The molecule has 0 aliphatic rings. The Morgan fingerprint density at radius 1 is 1.53 bits per heavy atom. The second-order valence-electron chi connectivity index (χ2n) is 2.70. The lowest BCUT2D eigenvalue weighted by atomic mass is 10.1. The second kappa shape index (κ2) is 4.52. The quantitative estimate of drug-likeness (QED) is 0.587. The van der Waals surface area contributed by atoms with E-state index in [4.69, 9.17) is 10.2 Å². The molecule has 0 aliphatic heterocycles. The van der Waals surface area contributed by atoms with E-state index < -0.39 is 22.2 Å². The van der Waals surface area contributed by atoms with Crippen LogP contribution in [-0.4, -0.2) is 21.7 Å². The summed E-state index contributed by atoms with van der Waals surface area (Å²) in [6.45, 7) is -0.298. The van der Waals surface area contributed by atoms with Gasteiger partial charge in [0, 0.05) is 17.7 Å². The normalized spacial score (nSPS) is 10.8. The first kappa shape index (κ1) is 11.1. The number of hydrogen-bond donors (Lipinski definition) is 2. The largest absolute Gasteiger partial charge is 0.502 e. The van der Waals surface area contributed by atoms with Crippen molar-refractivity contribution in [2.75, 3.05) is 6.61 Å². The average Bonchev–Trinajstić information content (AvgIpc) is 2.16. The lowest BCUT2D eigenvalue weighted by Gasteiger charge is -1.99. The van der Waals surface area contributed by atoms with Gasteiger partial charge in [0.15, 0.2) is 5.75 Å². The van der Waals surface area contributed by atoms with Crippen molar-refractivity contribution in [2.24, 2.45) is 0 Å². The summed E-state index contributed by atoms with van der Waals surface area (Å²) < 4.78 is 13.1. The summed E-state index contributed by atoms with van der Waals surface area (Å²) in [5.74, 6) is -1.51. The fourth-order valence-corrected chi connectivity index (χ4v) is 1.02. The topological polar surface area (TPSA) is 83.6 Å². The Bertz CT molecular complexity index is 417. The first-order valence-corrected chi connectivity index (χ1v) is 4.00. The molecule has 0 spiro atoms. The zero-order valence-corrected chi connectivity index (χ0v) is 7.55. The van der Waals surface area contributed by atoms with Crippen molar-refractivity contribution < 1.29 is 19.5 Å². The van der Waals surface area contributed by atoms with E-state index in [0.717, 1.165) is 6.07 Å². The van der Waals surface area contributed by atoms with Gasteiger partial charge in [-0.3, -0.25) is 10.1 Å². The molecule has 0 saturated heterocycles. The molecule has 0 unspecified atom stereocenters. The molecule has 80 valence electrons. The summed E-state index contributed by atoms with van der Waals surface area (Å²) in [6, 6.07) is 1.56. The third-order valence-corrected chi connectivity index (χ3v) is 1.69. The number of aliphatic hydroxyl groups excluding tert-OH is 1. The van der Waals surface area contributed by atoms with Gasteiger partial charge >= 0.3 is 5.69 Å². The maximum atomic E-state index is 13.1. The summed E-state index contributed by atoms with van der Waals surface area (Å²) >= 11 is 0. The molecule has 1 rings (SSSR count). The number of nitro benzene ring substituents is 1. The maximum absolute atomic E-state index is 13.1. The Morgan fingerprint density at radius 3 is 2.73 bits per heavy atom. The number of rotatable bonds is 3. The predicted molar refractivity (Wildman–Crippen MR) is 50.8 cm³/mol. The summed E-state index contributed by atoms with van der Waals surface area (Å²) in [6.07, 6.45) is 2.43. The van der Waals surface area contributed by atoms with Crippen molar-refractivity contribution in [1.82, 2.24) is 0 Å². The third-order valence-electron chi connectivity index (χ3n) is 1.69. The monoisotopic (exact) mass is 213 g/mol. The van der Waals surface area contributed by atoms with Gasteiger partial charge in [-0.05, 0) is 0 Å². The first-order chi connectivity index (χ1) is 7.06. The van der Waals surface area contributed by atoms with Crippen molar-refractivity contribution in [2.45, 2.75) is 0 Å². The third kappa shape index (κ3) is 2.50. The van der Waals surface area contributed by atoms with Crippen LogP contribution in [0, 0.1) is 15.9 Å². The molecule has 1 aromatic carbocycles. The van der Waals surface area contributed by atoms with Gasteiger partial charge in [0.25, 0.3) is 0 Å². The van der Waals surface area contributed by atoms with Crippen LogP contribution in [0.1, 0.15) is 5.56 Å². The molecular weight excluding hydrogens is 205 g/mol. The van der Waals surface area contributed by atoms with E-state index in [9.17, 15) is 14.5 Å². The molecular formula is C9H8FNO4. The Labute approximate surface area is 84.2 Å². The number of hydrogen-bond acceptors (Lipinski definition) is 4. The van der Waals surface area contributed by atoms with Crippen molar-refractivity contribution in [1.29, 1.82) is 0 Å². The molecule has 5 nitrogen and oxygen atoms in total. The minimum atomic E-state index is -0.814. The smallest absolute Gasteiger partial charge is 0.311 e. The van der Waals surface area contributed by atoms with E-state index in [2.05, 4.69) is 0 Å². The molecule has 0 heterocycles. The van der Waals surface area contributed by atoms with Crippen LogP contribution < -0.4 is 0 Å². The van der Waals surface area contributed by atoms with Gasteiger partial charge in [0.2, 0.25) is 0 Å². The zero-order valence-electron chi connectivity index (χ0n) is 7.55. The maximum Gasteiger partial charge on any atom is 0.311 e. The van der Waals surface area contributed by atoms with E-state index in [1.165, 1.54) is 12.2 Å². The molecule has 0 aromatic heterocycles. The lowest BCUT2D eigenvalue weighted by molar-refractivity contribution is -0.385. The number of phenols is 1. The molecule has 0 saturated carbocycles. The van der Waals surface area contributed by atoms with Crippen LogP contribution in [-0.2, 0) is 0 Å².